The van der Waals surface area contributed by atoms with E-state index in [1.807, 2.05) is 24.3 Å². The van der Waals surface area contributed by atoms with E-state index in [2.05, 4.69) is 20.9 Å². The third-order valence-corrected chi connectivity index (χ3v) is 6.26. The first-order valence-electron chi connectivity index (χ1n) is 12.1. The fourth-order valence-electron chi connectivity index (χ4n) is 3.78. The van der Waals surface area contributed by atoms with Gasteiger partial charge in [0, 0.05) is 23.5 Å². The molecule has 1 aromatic heterocycles. The van der Waals surface area contributed by atoms with Crippen molar-refractivity contribution in [1.82, 2.24) is 20.9 Å². The van der Waals surface area contributed by atoms with Gasteiger partial charge in [-0.25, -0.2) is 4.79 Å². The number of H-pyrrole nitrogens is 1. The molecule has 37 heavy (non-hydrogen) atoms. The summed E-state index contributed by atoms with van der Waals surface area (Å²) in [6.07, 6.45) is 1.76. The molecule has 12 nitrogen and oxygen atoms in total. The topological polar surface area (TPSA) is 204 Å². The van der Waals surface area contributed by atoms with E-state index in [-0.39, 0.29) is 18.8 Å². The van der Waals surface area contributed by atoms with Crippen LogP contribution in [0.15, 0.2) is 30.5 Å². The van der Waals surface area contributed by atoms with Crippen LogP contribution in [0.5, 0.6) is 0 Å². The number of carbonyl (C=O) groups excluding carboxylic acids is 3. The van der Waals surface area contributed by atoms with Crippen molar-refractivity contribution in [3.8, 4) is 0 Å². The number of nitrogens with one attached hydrogen (secondary N) is 4. The van der Waals surface area contributed by atoms with Crippen LogP contribution >= 0.6 is 0 Å². The molecular weight excluding hydrogens is 482 g/mol. The van der Waals surface area contributed by atoms with E-state index in [0.717, 1.165) is 16.5 Å². The lowest BCUT2D eigenvalue weighted by Gasteiger charge is -2.27. The summed E-state index contributed by atoms with van der Waals surface area (Å²) in [5, 5.41) is 26.5. The molecule has 0 radical (unpaired) electrons. The van der Waals surface area contributed by atoms with Crippen LogP contribution in [0.2, 0.25) is 0 Å². The minimum Gasteiger partial charge on any atom is -0.481 e. The third-order valence-electron chi connectivity index (χ3n) is 6.26. The maximum Gasteiger partial charge on any atom is 0.326 e. The molecule has 5 unspecified atom stereocenters. The van der Waals surface area contributed by atoms with E-state index in [9.17, 15) is 29.1 Å². The number of carbonyl (C=O) groups is 5. The van der Waals surface area contributed by atoms with Gasteiger partial charge in [0.1, 0.15) is 18.1 Å². The molecule has 1 aromatic carbocycles. The molecule has 2 rings (SSSR count). The zero-order chi connectivity index (χ0) is 27.7. The van der Waals surface area contributed by atoms with Crippen LogP contribution in [0, 0.1) is 5.92 Å². The lowest BCUT2D eigenvalue weighted by atomic mass is 9.97. The van der Waals surface area contributed by atoms with Crippen LogP contribution < -0.4 is 21.7 Å². The van der Waals surface area contributed by atoms with Crippen molar-refractivity contribution in [2.75, 3.05) is 0 Å². The molecule has 0 aliphatic heterocycles. The number of aliphatic carboxylic acids is 2. The van der Waals surface area contributed by atoms with E-state index in [4.69, 9.17) is 10.8 Å². The van der Waals surface area contributed by atoms with Crippen LogP contribution in [0.4, 0.5) is 0 Å². The number of para-hydroxylation sites is 1. The molecule has 8 N–H and O–H groups in total. The molecule has 0 saturated carbocycles. The minimum atomic E-state index is -1.42. The summed E-state index contributed by atoms with van der Waals surface area (Å²) in [6.45, 7) is 4.95. The Bertz CT molecular complexity index is 1130. The van der Waals surface area contributed by atoms with Gasteiger partial charge >= 0.3 is 11.9 Å². The van der Waals surface area contributed by atoms with Crippen molar-refractivity contribution in [3.63, 3.8) is 0 Å². The van der Waals surface area contributed by atoms with Crippen LogP contribution in [0.1, 0.15) is 45.6 Å². The van der Waals surface area contributed by atoms with E-state index >= 15 is 0 Å². The number of aromatic amines is 1. The predicted molar refractivity (Wildman–Crippen MR) is 135 cm³/mol. The van der Waals surface area contributed by atoms with Gasteiger partial charge in [0.05, 0.1) is 6.04 Å². The number of fused-ring (bicyclic) bond motifs is 1. The number of hydrogen-bond donors (Lipinski definition) is 7. The van der Waals surface area contributed by atoms with Crippen molar-refractivity contribution < 1.29 is 34.2 Å². The van der Waals surface area contributed by atoms with Gasteiger partial charge in [0.2, 0.25) is 17.7 Å². The molecule has 0 fully saturated rings. The van der Waals surface area contributed by atoms with Crippen molar-refractivity contribution in [2.45, 2.75) is 70.6 Å². The van der Waals surface area contributed by atoms with Gasteiger partial charge in [-0.2, -0.15) is 0 Å². The average Bonchev–Trinajstić information content (AvgIpc) is 3.26. The number of carboxylic acids is 2. The van der Waals surface area contributed by atoms with E-state index in [1.54, 1.807) is 20.0 Å². The molecule has 0 aliphatic carbocycles. The number of benzene rings is 1. The standard InChI is InChI=1S/C25H35N5O7/c1-4-13(2)21(24(35)29-19(25(36)37)9-10-20(31)32)30-22(33)14(3)28-23(34)17(26)11-15-12-27-18-8-6-5-7-16(15)18/h5-8,12-14,17,19,21,27H,4,9-11,26H2,1-3H3,(H,28,34)(H,29,35)(H,30,33)(H,31,32)(H,36,37). The summed E-state index contributed by atoms with van der Waals surface area (Å²) in [6, 6.07) is 3.13. The number of hydrogen-bond acceptors (Lipinski definition) is 6. The maximum atomic E-state index is 12.8. The molecule has 2 aromatic rings. The molecule has 5 atom stereocenters. The summed E-state index contributed by atoms with van der Waals surface area (Å²) in [4.78, 5) is 63.7. The highest BCUT2D eigenvalue weighted by Gasteiger charge is 2.31. The Balaban J connectivity index is 2.00. The highest BCUT2D eigenvalue weighted by molar-refractivity contribution is 5.94. The summed E-state index contributed by atoms with van der Waals surface area (Å²) < 4.78 is 0. The highest BCUT2D eigenvalue weighted by atomic mass is 16.4. The smallest absolute Gasteiger partial charge is 0.326 e. The first kappa shape index (κ1) is 29.3. The summed E-state index contributed by atoms with van der Waals surface area (Å²) in [5.41, 5.74) is 7.86. The van der Waals surface area contributed by atoms with Gasteiger partial charge in [0.25, 0.3) is 0 Å². The minimum absolute atomic E-state index is 0.245. The Labute approximate surface area is 214 Å². The molecule has 0 bridgehead atoms. The largest absolute Gasteiger partial charge is 0.481 e. The maximum absolute atomic E-state index is 12.8. The van der Waals surface area contributed by atoms with Gasteiger partial charge in [-0.15, -0.1) is 0 Å². The molecule has 202 valence electrons. The fourth-order valence-corrected chi connectivity index (χ4v) is 3.78. The van der Waals surface area contributed by atoms with Gasteiger partial charge in [0.15, 0.2) is 0 Å². The lowest BCUT2D eigenvalue weighted by molar-refractivity contribution is -0.143. The number of carboxylic acid groups (broad SMARTS) is 2. The predicted octanol–water partition coefficient (Wildman–Crippen LogP) is 0.508. The second kappa shape index (κ2) is 13.4. The summed E-state index contributed by atoms with van der Waals surface area (Å²) in [7, 11) is 0. The van der Waals surface area contributed by atoms with Crippen LogP contribution in [-0.2, 0) is 30.4 Å². The lowest BCUT2D eigenvalue weighted by Crippen LogP contribution is -2.58. The first-order valence-corrected chi connectivity index (χ1v) is 12.1. The second-order valence-corrected chi connectivity index (χ2v) is 9.10. The molecule has 0 aliphatic rings. The fraction of sp³-hybridized carbons (Fsp3) is 0.480. The van der Waals surface area contributed by atoms with Crippen LogP contribution in [0.3, 0.4) is 0 Å². The third kappa shape index (κ3) is 8.31. The Morgan fingerprint density at radius 2 is 1.65 bits per heavy atom. The Kier molecular flexibility index (Phi) is 10.6. The van der Waals surface area contributed by atoms with Crippen molar-refractivity contribution in [3.05, 3.63) is 36.0 Å². The van der Waals surface area contributed by atoms with Crippen molar-refractivity contribution in [1.29, 1.82) is 0 Å². The van der Waals surface area contributed by atoms with Crippen molar-refractivity contribution in [2.24, 2.45) is 11.7 Å². The van der Waals surface area contributed by atoms with Gasteiger partial charge in [-0.3, -0.25) is 19.2 Å². The molecular formula is C25H35N5O7. The summed E-state index contributed by atoms with van der Waals surface area (Å²) >= 11 is 0. The first-order chi connectivity index (χ1) is 17.4. The monoisotopic (exact) mass is 517 g/mol. The number of amides is 3. The molecule has 3 amide bonds. The van der Waals surface area contributed by atoms with E-state index in [0.29, 0.717) is 6.42 Å². The van der Waals surface area contributed by atoms with Gasteiger partial charge < -0.3 is 36.9 Å². The van der Waals surface area contributed by atoms with E-state index in [1.165, 1.54) is 6.92 Å². The number of rotatable bonds is 14. The number of nitrogens with two attached hydrogens (primary N) is 1. The quantitative estimate of drug-likeness (QED) is 0.188. The Morgan fingerprint density at radius 1 is 0.973 bits per heavy atom. The van der Waals surface area contributed by atoms with Crippen LogP contribution in [-0.4, -0.2) is 69.0 Å². The van der Waals surface area contributed by atoms with E-state index < -0.39 is 60.2 Å². The SMILES string of the molecule is CCC(C)C(NC(=O)C(C)NC(=O)C(N)Cc1c[nH]c2ccccc12)C(=O)NC(CCC(=O)O)C(=O)O. The zero-order valence-electron chi connectivity index (χ0n) is 21.1. The average molecular weight is 518 g/mol. The zero-order valence-corrected chi connectivity index (χ0v) is 21.1. The molecule has 0 spiro atoms. The van der Waals surface area contributed by atoms with Crippen LogP contribution in [0.25, 0.3) is 10.9 Å². The number of aromatic nitrogens is 1. The Morgan fingerprint density at radius 3 is 2.27 bits per heavy atom. The van der Waals surface area contributed by atoms with Crippen molar-refractivity contribution >= 4 is 40.6 Å². The molecule has 1 heterocycles. The molecule has 0 saturated heterocycles. The van der Waals surface area contributed by atoms with Gasteiger partial charge in [-0.1, -0.05) is 38.5 Å². The summed E-state index contributed by atoms with van der Waals surface area (Å²) in [5.74, 6) is -4.89. The highest BCUT2D eigenvalue weighted by Crippen LogP contribution is 2.18. The second-order valence-electron chi connectivity index (χ2n) is 9.10. The molecule has 12 heteroatoms. The Hall–Kier alpha value is -3.93. The normalized spacial score (nSPS) is 15.1. The van der Waals surface area contributed by atoms with Gasteiger partial charge in [-0.05, 0) is 37.3 Å².